The third-order valence-electron chi connectivity index (χ3n) is 15.7. The molecule has 50 heavy (non-hydrogen) atoms. The van der Waals surface area contributed by atoms with E-state index in [1.807, 2.05) is 0 Å². The van der Waals surface area contributed by atoms with Gasteiger partial charge in [0, 0.05) is 6.08 Å². The van der Waals surface area contributed by atoms with E-state index in [9.17, 15) is 14.4 Å². The zero-order valence-corrected chi connectivity index (χ0v) is 31.4. The number of fused-ring (bicyclic) bond motifs is 6. The van der Waals surface area contributed by atoms with Gasteiger partial charge in [0.2, 0.25) is 11.8 Å². The van der Waals surface area contributed by atoms with Crippen LogP contribution in [0.2, 0.25) is 0 Å². The predicted octanol–water partition coefficient (Wildman–Crippen LogP) is 9.95. The summed E-state index contributed by atoms with van der Waals surface area (Å²) in [7, 11) is 0. The van der Waals surface area contributed by atoms with E-state index in [2.05, 4.69) is 34.6 Å². The van der Waals surface area contributed by atoms with E-state index < -0.39 is 5.97 Å². The van der Waals surface area contributed by atoms with Gasteiger partial charge in [0.1, 0.15) is 0 Å². The Morgan fingerprint density at radius 2 is 1.54 bits per heavy atom. The number of carbonyl (C=O) groups excluding carboxylic acids is 2. The van der Waals surface area contributed by atoms with Crippen LogP contribution < -0.4 is 4.90 Å². The molecule has 6 aliphatic rings. The second kappa shape index (κ2) is 14.2. The van der Waals surface area contributed by atoms with Gasteiger partial charge in [-0.2, -0.15) is 0 Å². The molecule has 1 N–H and O–H groups in total. The zero-order chi connectivity index (χ0) is 35.4. The van der Waals surface area contributed by atoms with Crippen LogP contribution in [0, 0.1) is 64.1 Å². The first-order valence-electron chi connectivity index (χ1n) is 20.4. The smallest absolute Gasteiger partial charge is 0.328 e. The number of benzene rings is 1. The Hall–Kier alpha value is -2.47. The van der Waals surface area contributed by atoms with Crippen molar-refractivity contribution in [2.45, 2.75) is 143 Å². The van der Waals surface area contributed by atoms with Crippen molar-refractivity contribution in [1.29, 1.82) is 0 Å². The molecule has 6 fully saturated rings. The number of hydrogen-bond acceptors (Lipinski definition) is 4. The molecule has 12 unspecified atom stereocenters. The number of anilines is 1. The van der Waals surface area contributed by atoms with Crippen molar-refractivity contribution in [3.05, 3.63) is 35.9 Å². The zero-order valence-electron chi connectivity index (χ0n) is 31.4. The van der Waals surface area contributed by atoms with Gasteiger partial charge >= 0.3 is 5.97 Å². The van der Waals surface area contributed by atoms with Crippen LogP contribution in [0.3, 0.4) is 0 Å². The van der Waals surface area contributed by atoms with E-state index in [0.717, 1.165) is 66.8 Å². The molecule has 0 aromatic heterocycles. The molecular formula is C44H63NO5. The molecule has 274 valence electrons. The van der Waals surface area contributed by atoms with Gasteiger partial charge in [-0.05, 0) is 153 Å². The Morgan fingerprint density at radius 1 is 0.840 bits per heavy atom. The topological polar surface area (TPSA) is 83.9 Å². The van der Waals surface area contributed by atoms with Crippen molar-refractivity contribution < 1.29 is 24.2 Å². The minimum Gasteiger partial charge on any atom is -0.478 e. The first-order chi connectivity index (χ1) is 23.9. The maximum absolute atomic E-state index is 13.6. The van der Waals surface area contributed by atoms with E-state index in [-0.39, 0.29) is 35.9 Å². The molecular weight excluding hydrogens is 622 g/mol. The molecule has 0 bridgehead atoms. The third kappa shape index (κ3) is 6.54. The Bertz CT molecular complexity index is 1450. The Kier molecular flexibility index (Phi) is 10.2. The first-order valence-corrected chi connectivity index (χ1v) is 20.4. The molecule has 7 rings (SSSR count). The van der Waals surface area contributed by atoms with Gasteiger partial charge in [0.15, 0.2) is 0 Å². The van der Waals surface area contributed by atoms with Crippen LogP contribution in [0.4, 0.5) is 5.69 Å². The summed E-state index contributed by atoms with van der Waals surface area (Å²) in [5.41, 5.74) is 2.24. The summed E-state index contributed by atoms with van der Waals surface area (Å²) in [5.74, 6) is 4.19. The lowest BCUT2D eigenvalue weighted by Crippen LogP contribution is -2.54. The van der Waals surface area contributed by atoms with E-state index in [1.54, 1.807) is 24.3 Å². The highest BCUT2D eigenvalue weighted by Gasteiger charge is 2.61. The molecule has 1 aromatic rings. The normalized spacial score (nSPS) is 40.4. The van der Waals surface area contributed by atoms with Gasteiger partial charge < -0.3 is 9.84 Å². The highest BCUT2D eigenvalue weighted by molar-refractivity contribution is 6.22. The minimum atomic E-state index is -1.01. The van der Waals surface area contributed by atoms with Crippen LogP contribution >= 0.6 is 0 Å². The average Bonchev–Trinajstić information content (AvgIpc) is 3.56. The largest absolute Gasteiger partial charge is 0.478 e. The molecule has 6 heteroatoms. The molecule has 5 aliphatic carbocycles. The van der Waals surface area contributed by atoms with Crippen molar-refractivity contribution in [1.82, 2.24) is 0 Å². The molecule has 6 nitrogen and oxygen atoms in total. The standard InChI is InChI=1S/C44H63NO5/c1-27(2)7-6-8-28(3)37-18-19-38-35-16-12-30-25-33(21-23-43(30,4)39(35)22-24-44(37,38)5)50-32-15-17-34-36(26-32)42(49)45(41(34)48)31-13-9-29(10-14-31)11-20-40(46)47/h9-11,13-14,20,27-28,30,32-39H,6-8,12,15-19,21-26H2,1-5H3,(H,46,47). The fraction of sp³-hybridized carbons (Fsp3) is 0.750. The molecule has 1 heterocycles. The number of carboxylic acids is 1. The Labute approximate surface area is 301 Å². The second-order valence-corrected chi connectivity index (χ2v) is 18.6. The van der Waals surface area contributed by atoms with E-state index in [0.29, 0.717) is 34.9 Å². The molecule has 0 radical (unpaired) electrons. The van der Waals surface area contributed by atoms with Crippen molar-refractivity contribution >= 4 is 29.5 Å². The van der Waals surface area contributed by atoms with Crippen molar-refractivity contribution in [3.63, 3.8) is 0 Å². The second-order valence-electron chi connectivity index (χ2n) is 18.6. The lowest BCUT2D eigenvalue weighted by Gasteiger charge is -2.61. The highest BCUT2D eigenvalue weighted by atomic mass is 16.5. The molecule has 0 spiro atoms. The molecule has 12 atom stereocenters. The highest BCUT2D eigenvalue weighted by Crippen LogP contribution is 2.68. The van der Waals surface area contributed by atoms with Crippen LogP contribution in [-0.4, -0.2) is 35.1 Å². The van der Waals surface area contributed by atoms with E-state index >= 15 is 0 Å². The summed E-state index contributed by atoms with van der Waals surface area (Å²) < 4.78 is 6.89. The van der Waals surface area contributed by atoms with Crippen LogP contribution in [0.15, 0.2) is 30.3 Å². The number of carboxylic acid groups (broad SMARTS) is 1. The summed E-state index contributed by atoms with van der Waals surface area (Å²) in [6.07, 6.45) is 21.3. The lowest BCUT2D eigenvalue weighted by molar-refractivity contribution is -0.151. The summed E-state index contributed by atoms with van der Waals surface area (Å²) in [5, 5.41) is 8.91. The van der Waals surface area contributed by atoms with E-state index in [1.165, 1.54) is 75.2 Å². The van der Waals surface area contributed by atoms with Crippen molar-refractivity contribution in [2.24, 2.45) is 64.1 Å². The van der Waals surface area contributed by atoms with E-state index in [4.69, 9.17) is 9.84 Å². The number of rotatable bonds is 10. The third-order valence-corrected chi connectivity index (χ3v) is 15.7. The monoisotopic (exact) mass is 685 g/mol. The van der Waals surface area contributed by atoms with Gasteiger partial charge in [-0.15, -0.1) is 0 Å². The van der Waals surface area contributed by atoms with Crippen LogP contribution in [0.5, 0.6) is 0 Å². The number of imide groups is 1. The van der Waals surface area contributed by atoms with Crippen LogP contribution in [0.25, 0.3) is 6.08 Å². The number of aliphatic carboxylic acids is 1. The van der Waals surface area contributed by atoms with Crippen LogP contribution in [-0.2, 0) is 19.1 Å². The van der Waals surface area contributed by atoms with Crippen LogP contribution in [0.1, 0.15) is 136 Å². The fourth-order valence-corrected chi connectivity index (χ4v) is 13.1. The van der Waals surface area contributed by atoms with Gasteiger partial charge in [-0.1, -0.05) is 66.0 Å². The number of ether oxygens (including phenoxy) is 1. The van der Waals surface area contributed by atoms with Gasteiger partial charge in [-0.25, -0.2) is 4.79 Å². The molecule has 5 saturated carbocycles. The molecule has 1 aromatic carbocycles. The van der Waals surface area contributed by atoms with Gasteiger partial charge in [0.25, 0.3) is 0 Å². The van der Waals surface area contributed by atoms with Crippen molar-refractivity contribution in [3.8, 4) is 0 Å². The number of amides is 2. The number of hydrogen-bond donors (Lipinski definition) is 1. The summed E-state index contributed by atoms with van der Waals surface area (Å²) in [4.78, 5) is 39.3. The minimum absolute atomic E-state index is 0.0375. The summed E-state index contributed by atoms with van der Waals surface area (Å²) in [6, 6.07) is 6.98. The Balaban J connectivity index is 0.942. The first kappa shape index (κ1) is 35.9. The predicted molar refractivity (Wildman–Crippen MR) is 198 cm³/mol. The Morgan fingerprint density at radius 3 is 2.28 bits per heavy atom. The molecule has 1 saturated heterocycles. The SMILES string of the molecule is CC(C)CCCC(C)C1CCC2C3CCC4CC(OC5CCC6C(=O)N(c7ccc(C=CC(=O)O)cc7)C(=O)C6C5)CCC4(C)C3CCC12C. The quantitative estimate of drug-likeness (QED) is 0.196. The number of carbonyl (C=O) groups is 3. The lowest BCUT2D eigenvalue weighted by atomic mass is 9.44. The van der Waals surface area contributed by atoms with Gasteiger partial charge in [-0.3, -0.25) is 14.5 Å². The fourth-order valence-electron chi connectivity index (χ4n) is 13.1. The number of nitrogens with zero attached hydrogens (tertiary/aromatic N) is 1. The molecule has 1 aliphatic heterocycles. The molecule has 2 amide bonds. The van der Waals surface area contributed by atoms with Crippen molar-refractivity contribution in [2.75, 3.05) is 4.90 Å². The average molecular weight is 686 g/mol. The summed E-state index contributed by atoms with van der Waals surface area (Å²) >= 11 is 0. The maximum atomic E-state index is 13.6. The summed E-state index contributed by atoms with van der Waals surface area (Å²) in [6.45, 7) is 12.7. The maximum Gasteiger partial charge on any atom is 0.328 e. The van der Waals surface area contributed by atoms with Gasteiger partial charge in [0.05, 0.1) is 29.7 Å².